The second-order valence-corrected chi connectivity index (χ2v) is 7.73. The quantitative estimate of drug-likeness (QED) is 0.719. The Balaban J connectivity index is 1.67. The van der Waals surface area contributed by atoms with Gasteiger partial charge in [0.05, 0.1) is 26.2 Å². The molecule has 2 bridgehead atoms. The van der Waals surface area contributed by atoms with Gasteiger partial charge in [-0.15, -0.1) is 0 Å². The van der Waals surface area contributed by atoms with E-state index in [2.05, 4.69) is 44.2 Å². The summed E-state index contributed by atoms with van der Waals surface area (Å²) in [6.45, 7) is 10.6. The summed E-state index contributed by atoms with van der Waals surface area (Å²) in [6.07, 6.45) is 5.68. The van der Waals surface area contributed by atoms with Crippen LogP contribution in [0, 0.1) is 11.3 Å². The van der Waals surface area contributed by atoms with Crippen molar-refractivity contribution in [1.82, 2.24) is 0 Å². The van der Waals surface area contributed by atoms with E-state index in [0.717, 1.165) is 5.92 Å². The van der Waals surface area contributed by atoms with Gasteiger partial charge in [-0.05, 0) is 37.2 Å². The lowest BCUT2D eigenvalue weighted by Gasteiger charge is -2.52. The topological polar surface area (TPSA) is 0 Å². The highest BCUT2D eigenvalue weighted by Crippen LogP contribution is 2.37. The lowest BCUT2D eigenvalue weighted by Crippen LogP contribution is -2.61. The van der Waals surface area contributed by atoms with Crippen molar-refractivity contribution in [3.05, 3.63) is 35.9 Å². The molecule has 0 amide bonds. The normalized spacial score (nSPS) is 30.5. The van der Waals surface area contributed by atoms with E-state index in [4.69, 9.17) is 0 Å². The molecule has 3 aliphatic heterocycles. The number of piperidine rings is 3. The molecule has 4 rings (SSSR count). The summed E-state index contributed by atoms with van der Waals surface area (Å²) in [6, 6.07) is 11.0. The number of quaternary nitrogens is 1. The third-order valence-corrected chi connectivity index (χ3v) is 5.32. The Morgan fingerprint density at radius 2 is 1.58 bits per heavy atom. The van der Waals surface area contributed by atoms with Crippen molar-refractivity contribution < 1.29 is 4.48 Å². The van der Waals surface area contributed by atoms with Gasteiger partial charge in [-0.3, -0.25) is 0 Å². The second-order valence-electron chi connectivity index (χ2n) is 7.73. The number of fused-ring (bicyclic) bond motifs is 3. The van der Waals surface area contributed by atoms with Crippen LogP contribution in [-0.4, -0.2) is 30.7 Å². The average Bonchev–Trinajstić information content (AvgIpc) is 2.40. The molecular formula is C18H28N+. The van der Waals surface area contributed by atoms with Gasteiger partial charge in [-0.25, -0.2) is 0 Å². The maximum atomic E-state index is 2.47. The lowest BCUT2D eigenvalue weighted by atomic mass is 9.79. The highest BCUT2D eigenvalue weighted by atomic mass is 15.4. The van der Waals surface area contributed by atoms with Crippen LogP contribution in [0.5, 0.6) is 0 Å². The Labute approximate surface area is 118 Å². The van der Waals surface area contributed by atoms with Crippen LogP contribution >= 0.6 is 0 Å². The summed E-state index contributed by atoms with van der Waals surface area (Å²) in [7, 11) is 0. The zero-order chi connectivity index (χ0) is 13.3. The van der Waals surface area contributed by atoms with Gasteiger partial charge < -0.3 is 4.48 Å². The van der Waals surface area contributed by atoms with Crippen LogP contribution in [-0.2, 0) is 6.42 Å². The Morgan fingerprint density at radius 3 is 2.16 bits per heavy atom. The van der Waals surface area contributed by atoms with Gasteiger partial charge in [-0.2, -0.15) is 0 Å². The fourth-order valence-electron chi connectivity index (χ4n) is 4.49. The standard InChI is InChI=1S/C18H28N/c1-18(2,14-17-6-4-3-5-7-17)15-19-11-8-16(9-12-19)10-13-19/h3-7,16H,8-15H2,1-2H3/q+1. The van der Waals surface area contributed by atoms with E-state index in [9.17, 15) is 0 Å². The van der Waals surface area contributed by atoms with E-state index in [1.54, 1.807) is 0 Å². The molecule has 0 saturated carbocycles. The second kappa shape index (κ2) is 4.94. The number of hydrogen-bond donors (Lipinski definition) is 0. The molecule has 0 aliphatic carbocycles. The van der Waals surface area contributed by atoms with Crippen LogP contribution in [0.25, 0.3) is 0 Å². The number of benzene rings is 1. The molecule has 104 valence electrons. The maximum absolute atomic E-state index is 2.47. The number of rotatable bonds is 4. The molecule has 0 radical (unpaired) electrons. The minimum absolute atomic E-state index is 0.422. The molecule has 1 aromatic carbocycles. The highest BCUT2D eigenvalue weighted by molar-refractivity contribution is 5.16. The van der Waals surface area contributed by atoms with Crippen molar-refractivity contribution in [1.29, 1.82) is 0 Å². The summed E-state index contributed by atoms with van der Waals surface area (Å²) < 4.78 is 1.41. The third-order valence-electron chi connectivity index (χ3n) is 5.32. The van der Waals surface area contributed by atoms with Crippen LogP contribution in [0.2, 0.25) is 0 Å². The SMILES string of the molecule is CC(C)(Cc1ccccc1)C[N+]12CCC(CC1)CC2. The van der Waals surface area contributed by atoms with E-state index in [0.29, 0.717) is 5.41 Å². The van der Waals surface area contributed by atoms with Gasteiger partial charge in [0.15, 0.2) is 0 Å². The molecule has 1 heteroatoms. The van der Waals surface area contributed by atoms with Crippen LogP contribution < -0.4 is 0 Å². The molecule has 3 heterocycles. The summed E-state index contributed by atoms with van der Waals surface area (Å²) >= 11 is 0. The third kappa shape index (κ3) is 3.02. The molecule has 0 N–H and O–H groups in total. The Hall–Kier alpha value is -0.820. The first-order valence-electron chi connectivity index (χ1n) is 7.96. The van der Waals surface area contributed by atoms with Crippen LogP contribution in [0.4, 0.5) is 0 Å². The van der Waals surface area contributed by atoms with E-state index in [-0.39, 0.29) is 0 Å². The zero-order valence-electron chi connectivity index (χ0n) is 12.6. The monoisotopic (exact) mass is 258 g/mol. The molecule has 1 nitrogen and oxygen atoms in total. The van der Waals surface area contributed by atoms with E-state index >= 15 is 0 Å². The Kier molecular flexibility index (Phi) is 3.42. The first kappa shape index (κ1) is 13.2. The molecule has 3 aliphatic rings. The molecule has 3 saturated heterocycles. The van der Waals surface area contributed by atoms with Gasteiger partial charge in [0.2, 0.25) is 0 Å². The summed E-state index contributed by atoms with van der Waals surface area (Å²) in [4.78, 5) is 0. The highest BCUT2D eigenvalue weighted by Gasteiger charge is 2.42. The fourth-order valence-corrected chi connectivity index (χ4v) is 4.49. The van der Waals surface area contributed by atoms with Crippen molar-refractivity contribution >= 4 is 0 Å². The predicted octanol–water partition coefficient (Wildman–Crippen LogP) is 3.89. The molecule has 0 atom stereocenters. The molecular weight excluding hydrogens is 230 g/mol. The van der Waals surface area contributed by atoms with Crippen molar-refractivity contribution in [3.8, 4) is 0 Å². The average molecular weight is 258 g/mol. The van der Waals surface area contributed by atoms with Crippen molar-refractivity contribution in [2.24, 2.45) is 11.3 Å². The fraction of sp³-hybridized carbons (Fsp3) is 0.667. The van der Waals surface area contributed by atoms with E-state index in [1.165, 1.54) is 61.9 Å². The number of nitrogens with zero attached hydrogens (tertiary/aromatic N) is 1. The number of hydrogen-bond acceptors (Lipinski definition) is 0. The molecule has 1 aromatic rings. The van der Waals surface area contributed by atoms with Gasteiger partial charge in [0.1, 0.15) is 0 Å². The van der Waals surface area contributed by atoms with Gasteiger partial charge in [0.25, 0.3) is 0 Å². The summed E-state index contributed by atoms with van der Waals surface area (Å²) in [5.41, 5.74) is 1.92. The first-order valence-corrected chi connectivity index (χ1v) is 7.96. The van der Waals surface area contributed by atoms with Crippen molar-refractivity contribution in [2.75, 3.05) is 26.2 Å². The van der Waals surface area contributed by atoms with Crippen molar-refractivity contribution in [3.63, 3.8) is 0 Å². The molecule has 3 fully saturated rings. The smallest absolute Gasteiger partial charge is 0.0841 e. The molecule has 0 spiro atoms. The summed E-state index contributed by atoms with van der Waals surface area (Å²) in [5.74, 6) is 1.07. The molecule has 0 unspecified atom stereocenters. The van der Waals surface area contributed by atoms with E-state index in [1.807, 2.05) is 0 Å². The summed E-state index contributed by atoms with van der Waals surface area (Å²) in [5, 5.41) is 0. The lowest BCUT2D eigenvalue weighted by molar-refractivity contribution is -0.948. The largest absolute Gasteiger partial charge is 0.323 e. The zero-order valence-corrected chi connectivity index (χ0v) is 12.6. The van der Waals surface area contributed by atoms with Gasteiger partial charge in [0, 0.05) is 5.41 Å². The first-order chi connectivity index (χ1) is 9.07. The Morgan fingerprint density at radius 1 is 1.00 bits per heavy atom. The minimum Gasteiger partial charge on any atom is -0.323 e. The maximum Gasteiger partial charge on any atom is 0.0841 e. The van der Waals surface area contributed by atoms with E-state index < -0.39 is 0 Å². The van der Waals surface area contributed by atoms with Crippen LogP contribution in [0.3, 0.4) is 0 Å². The van der Waals surface area contributed by atoms with Crippen LogP contribution in [0.1, 0.15) is 38.7 Å². The van der Waals surface area contributed by atoms with Crippen LogP contribution in [0.15, 0.2) is 30.3 Å². The van der Waals surface area contributed by atoms with Gasteiger partial charge >= 0.3 is 0 Å². The predicted molar refractivity (Wildman–Crippen MR) is 81.0 cm³/mol. The molecule has 0 aromatic heterocycles. The van der Waals surface area contributed by atoms with Gasteiger partial charge in [-0.1, -0.05) is 44.2 Å². The van der Waals surface area contributed by atoms with Crippen molar-refractivity contribution in [2.45, 2.75) is 39.5 Å². The molecule has 19 heavy (non-hydrogen) atoms. The Bertz CT molecular complexity index is 399. The minimum atomic E-state index is 0.422.